The van der Waals surface area contributed by atoms with Crippen LogP contribution in [0.4, 0.5) is 10.2 Å². The van der Waals surface area contributed by atoms with Gasteiger partial charge in [0, 0.05) is 38.6 Å². The Kier molecular flexibility index (Phi) is 6.50. The van der Waals surface area contributed by atoms with Crippen LogP contribution in [-0.4, -0.2) is 31.2 Å². The molecule has 1 aromatic carbocycles. The summed E-state index contributed by atoms with van der Waals surface area (Å²) in [6.45, 7) is 1.50. The summed E-state index contributed by atoms with van der Waals surface area (Å²) < 4.78 is 18.4. The van der Waals surface area contributed by atoms with Crippen LogP contribution in [0.25, 0.3) is 0 Å². The zero-order valence-corrected chi connectivity index (χ0v) is 13.0. The number of carbonyl (C=O) groups is 1. The number of amides is 1. The number of methoxy groups -OCH3 is 1. The molecule has 2 aromatic rings. The van der Waals surface area contributed by atoms with Crippen molar-refractivity contribution < 1.29 is 13.9 Å². The minimum absolute atomic E-state index is 0.172. The number of anilines is 1. The van der Waals surface area contributed by atoms with Crippen LogP contribution in [0.3, 0.4) is 0 Å². The second-order valence-corrected chi connectivity index (χ2v) is 4.98. The molecule has 6 heteroatoms. The van der Waals surface area contributed by atoms with Crippen molar-refractivity contribution in [2.45, 2.75) is 13.0 Å². The molecule has 2 N–H and O–H groups in total. The van der Waals surface area contributed by atoms with Gasteiger partial charge < -0.3 is 15.4 Å². The molecular weight excluding hydrogens is 297 g/mol. The quantitative estimate of drug-likeness (QED) is 0.735. The van der Waals surface area contributed by atoms with Crippen LogP contribution in [0.15, 0.2) is 42.6 Å². The van der Waals surface area contributed by atoms with Gasteiger partial charge in [0.15, 0.2) is 0 Å². The van der Waals surface area contributed by atoms with E-state index < -0.39 is 0 Å². The van der Waals surface area contributed by atoms with Gasteiger partial charge in [-0.05, 0) is 24.6 Å². The Labute approximate surface area is 134 Å². The molecule has 23 heavy (non-hydrogen) atoms. The maximum Gasteiger partial charge on any atom is 0.252 e. The molecular formula is C17H20FN3O2. The first-order chi connectivity index (χ1) is 11.2. The van der Waals surface area contributed by atoms with Gasteiger partial charge in [0.2, 0.25) is 0 Å². The van der Waals surface area contributed by atoms with Crippen LogP contribution in [0.5, 0.6) is 0 Å². The lowest BCUT2D eigenvalue weighted by Gasteiger charge is -2.08. The number of nitrogens with one attached hydrogen (secondary N) is 2. The van der Waals surface area contributed by atoms with Crippen molar-refractivity contribution in [3.8, 4) is 0 Å². The normalized spacial score (nSPS) is 10.3. The fraction of sp³-hybridized carbons (Fsp3) is 0.294. The van der Waals surface area contributed by atoms with Crippen LogP contribution in [0.1, 0.15) is 22.3 Å². The smallest absolute Gasteiger partial charge is 0.252 e. The molecule has 0 aliphatic rings. The van der Waals surface area contributed by atoms with Gasteiger partial charge in [-0.2, -0.15) is 0 Å². The maximum atomic E-state index is 13.5. The van der Waals surface area contributed by atoms with E-state index in [1.54, 1.807) is 37.4 Å². The van der Waals surface area contributed by atoms with E-state index in [0.29, 0.717) is 36.6 Å². The highest BCUT2D eigenvalue weighted by Gasteiger charge is 2.06. The predicted octanol–water partition coefficient (Wildman–Crippen LogP) is 2.60. The van der Waals surface area contributed by atoms with Crippen molar-refractivity contribution in [1.29, 1.82) is 0 Å². The third kappa shape index (κ3) is 5.34. The Morgan fingerprint density at radius 2 is 2.09 bits per heavy atom. The van der Waals surface area contributed by atoms with Gasteiger partial charge in [-0.1, -0.05) is 18.2 Å². The van der Waals surface area contributed by atoms with Gasteiger partial charge in [0.1, 0.15) is 11.6 Å². The Morgan fingerprint density at radius 3 is 2.78 bits per heavy atom. The second-order valence-electron chi connectivity index (χ2n) is 4.98. The van der Waals surface area contributed by atoms with E-state index in [9.17, 15) is 9.18 Å². The Bertz CT molecular complexity index is 632. The summed E-state index contributed by atoms with van der Waals surface area (Å²) >= 11 is 0. The fourth-order valence-corrected chi connectivity index (χ4v) is 1.98. The molecule has 0 fully saturated rings. The van der Waals surface area contributed by atoms with Crippen molar-refractivity contribution >= 4 is 11.7 Å². The summed E-state index contributed by atoms with van der Waals surface area (Å²) in [5, 5.41) is 5.82. The van der Waals surface area contributed by atoms with E-state index in [-0.39, 0.29) is 11.7 Å². The molecule has 1 aromatic heterocycles. The monoisotopic (exact) mass is 317 g/mol. The molecule has 2 rings (SSSR count). The van der Waals surface area contributed by atoms with Gasteiger partial charge in [-0.3, -0.25) is 4.79 Å². The van der Waals surface area contributed by atoms with Crippen LogP contribution >= 0.6 is 0 Å². The number of halogens is 1. The zero-order valence-electron chi connectivity index (χ0n) is 13.0. The minimum Gasteiger partial charge on any atom is -0.385 e. The molecule has 0 aliphatic heterocycles. The highest BCUT2D eigenvalue weighted by molar-refractivity contribution is 5.94. The molecule has 0 atom stereocenters. The molecule has 0 saturated carbocycles. The third-order valence-corrected chi connectivity index (χ3v) is 3.25. The summed E-state index contributed by atoms with van der Waals surface area (Å²) in [5.74, 6) is 0.158. The highest BCUT2D eigenvalue weighted by atomic mass is 19.1. The van der Waals surface area contributed by atoms with Crippen molar-refractivity contribution in [2.24, 2.45) is 0 Å². The number of nitrogens with zero attached hydrogens (tertiary/aromatic N) is 1. The van der Waals surface area contributed by atoms with Crippen LogP contribution in [0.2, 0.25) is 0 Å². The van der Waals surface area contributed by atoms with E-state index >= 15 is 0 Å². The number of pyridine rings is 1. The van der Waals surface area contributed by atoms with Crippen molar-refractivity contribution in [3.63, 3.8) is 0 Å². The first-order valence-electron chi connectivity index (χ1n) is 7.41. The Hall–Kier alpha value is -2.47. The van der Waals surface area contributed by atoms with Gasteiger partial charge >= 0.3 is 0 Å². The second kappa shape index (κ2) is 8.85. The summed E-state index contributed by atoms with van der Waals surface area (Å²) in [7, 11) is 1.62. The SMILES string of the molecule is COCCCNC(=O)c1ccc(NCc2ccccc2F)nc1. The van der Waals surface area contributed by atoms with E-state index in [1.165, 1.54) is 12.3 Å². The maximum absolute atomic E-state index is 13.5. The lowest BCUT2D eigenvalue weighted by Crippen LogP contribution is -2.25. The molecule has 0 saturated heterocycles. The number of rotatable bonds is 8. The number of hydrogen-bond donors (Lipinski definition) is 2. The van der Waals surface area contributed by atoms with Gasteiger partial charge in [-0.15, -0.1) is 0 Å². The number of aromatic nitrogens is 1. The molecule has 1 heterocycles. The third-order valence-electron chi connectivity index (χ3n) is 3.25. The van der Waals surface area contributed by atoms with E-state index in [4.69, 9.17) is 4.74 Å². The largest absolute Gasteiger partial charge is 0.385 e. The molecule has 0 aliphatic carbocycles. The average molecular weight is 317 g/mol. The lowest BCUT2D eigenvalue weighted by molar-refractivity contribution is 0.0948. The van der Waals surface area contributed by atoms with Crippen molar-refractivity contribution in [2.75, 3.05) is 25.6 Å². The zero-order chi connectivity index (χ0) is 16.5. The van der Waals surface area contributed by atoms with E-state index in [0.717, 1.165) is 6.42 Å². The van der Waals surface area contributed by atoms with Gasteiger partial charge in [-0.25, -0.2) is 9.37 Å². The molecule has 1 amide bonds. The number of carbonyl (C=O) groups excluding carboxylic acids is 1. The van der Waals surface area contributed by atoms with Crippen LogP contribution in [0, 0.1) is 5.82 Å². The van der Waals surface area contributed by atoms with E-state index in [1.807, 2.05) is 0 Å². The summed E-state index contributed by atoms with van der Waals surface area (Å²) in [5.41, 5.74) is 1.05. The predicted molar refractivity (Wildman–Crippen MR) is 86.8 cm³/mol. The number of hydrogen-bond acceptors (Lipinski definition) is 4. The number of benzene rings is 1. The topological polar surface area (TPSA) is 63.2 Å². The first-order valence-corrected chi connectivity index (χ1v) is 7.41. The van der Waals surface area contributed by atoms with Gasteiger partial charge in [0.05, 0.1) is 5.56 Å². The average Bonchev–Trinajstić information content (AvgIpc) is 2.58. The standard InChI is InChI=1S/C17H20FN3O2/c1-23-10-4-9-19-17(22)14-7-8-16(21-12-14)20-11-13-5-2-3-6-15(13)18/h2-3,5-8,12H,4,9-11H2,1H3,(H,19,22)(H,20,21). The summed E-state index contributed by atoms with van der Waals surface area (Å²) in [6, 6.07) is 9.94. The Balaban J connectivity index is 1.84. The van der Waals surface area contributed by atoms with Crippen LogP contribution < -0.4 is 10.6 Å². The van der Waals surface area contributed by atoms with Crippen molar-refractivity contribution in [1.82, 2.24) is 10.3 Å². The number of ether oxygens (including phenoxy) is 1. The summed E-state index contributed by atoms with van der Waals surface area (Å²) in [4.78, 5) is 16.1. The molecule has 0 bridgehead atoms. The van der Waals surface area contributed by atoms with Crippen LogP contribution in [-0.2, 0) is 11.3 Å². The molecule has 5 nitrogen and oxygen atoms in total. The fourth-order valence-electron chi connectivity index (χ4n) is 1.98. The first kappa shape index (κ1) is 16.9. The Morgan fingerprint density at radius 1 is 1.26 bits per heavy atom. The van der Waals surface area contributed by atoms with Gasteiger partial charge in [0.25, 0.3) is 5.91 Å². The summed E-state index contributed by atoms with van der Waals surface area (Å²) in [6.07, 6.45) is 2.26. The molecule has 122 valence electrons. The molecule has 0 spiro atoms. The van der Waals surface area contributed by atoms with E-state index in [2.05, 4.69) is 15.6 Å². The minimum atomic E-state index is -0.257. The highest BCUT2D eigenvalue weighted by Crippen LogP contribution is 2.10. The van der Waals surface area contributed by atoms with Crippen molar-refractivity contribution in [3.05, 3.63) is 59.5 Å². The lowest BCUT2D eigenvalue weighted by atomic mass is 10.2. The molecule has 0 unspecified atom stereocenters. The molecule has 0 radical (unpaired) electrons.